The van der Waals surface area contributed by atoms with Crippen LogP contribution in [0.15, 0.2) is 59.9 Å². The summed E-state index contributed by atoms with van der Waals surface area (Å²) < 4.78 is 40.6. The van der Waals surface area contributed by atoms with Gasteiger partial charge in [0.05, 0.1) is 17.2 Å². The molecule has 2 fully saturated rings. The average molecular weight is 412 g/mol. The molecule has 4 rings (SSSR count). The quantitative estimate of drug-likeness (QED) is 0.751. The van der Waals surface area contributed by atoms with Crippen molar-refractivity contribution in [3.63, 3.8) is 0 Å². The van der Waals surface area contributed by atoms with Crippen LogP contribution in [0.3, 0.4) is 0 Å². The Morgan fingerprint density at radius 2 is 1.77 bits per heavy atom. The van der Waals surface area contributed by atoms with Gasteiger partial charge in [0.2, 0.25) is 0 Å². The van der Waals surface area contributed by atoms with Crippen molar-refractivity contribution in [1.82, 2.24) is 0 Å². The van der Waals surface area contributed by atoms with Crippen LogP contribution < -0.4 is 9.80 Å². The van der Waals surface area contributed by atoms with E-state index in [9.17, 15) is 18.3 Å². The van der Waals surface area contributed by atoms with Gasteiger partial charge in [0, 0.05) is 18.4 Å². The molecule has 1 spiro atoms. The van der Waals surface area contributed by atoms with Gasteiger partial charge in [-0.3, -0.25) is 9.89 Å². The number of hydrogen-bond donors (Lipinski definition) is 1. The fraction of sp³-hybridized carbons (Fsp3) is 0.273. The van der Waals surface area contributed by atoms with Gasteiger partial charge in [-0.15, -0.1) is 0 Å². The van der Waals surface area contributed by atoms with Crippen molar-refractivity contribution in [3.8, 4) is 11.8 Å². The van der Waals surface area contributed by atoms with Gasteiger partial charge in [-0.25, -0.2) is 0 Å². The lowest BCUT2D eigenvalue weighted by atomic mass is 9.74. The second-order valence-electron chi connectivity index (χ2n) is 7.38. The monoisotopic (exact) mass is 412 g/mol. The molecule has 1 saturated carbocycles. The lowest BCUT2D eigenvalue weighted by molar-refractivity contribution is -0.137. The highest BCUT2D eigenvalue weighted by Gasteiger charge is 2.56. The molecule has 0 amide bonds. The number of aliphatic imine (C=N–C) groups is 1. The van der Waals surface area contributed by atoms with Crippen LogP contribution in [0.1, 0.15) is 30.4 Å². The standard InChI is InChI=1S/C22H19F3N4O/c1-14-28(17-5-4-15(13-26)19(12-17)22(23,24)25)20(27-2)21(10-3-11-21)29(14)16-6-8-18(30)9-7-16/h4-9,12,30H,1,3,10-11H2,2H3/b27-20+. The first kappa shape index (κ1) is 19.8. The summed E-state index contributed by atoms with van der Waals surface area (Å²) in [5.41, 5.74) is -0.906. The summed E-state index contributed by atoms with van der Waals surface area (Å²) in [5, 5.41) is 18.7. The SMILES string of the molecule is C=C1N(c2ccc(C#N)c(C(F)(F)F)c2)/C(=N/C)C2(CCC2)N1c1ccc(O)cc1. The maximum Gasteiger partial charge on any atom is 0.417 e. The molecule has 1 N–H and O–H groups in total. The predicted octanol–water partition coefficient (Wildman–Crippen LogP) is 5.03. The first-order valence-corrected chi connectivity index (χ1v) is 9.40. The second-order valence-corrected chi connectivity index (χ2v) is 7.38. The second kappa shape index (κ2) is 6.80. The van der Waals surface area contributed by atoms with Gasteiger partial charge >= 0.3 is 6.18 Å². The molecule has 8 heteroatoms. The van der Waals surface area contributed by atoms with Crippen molar-refractivity contribution in [2.75, 3.05) is 16.8 Å². The van der Waals surface area contributed by atoms with Crippen molar-refractivity contribution in [1.29, 1.82) is 5.26 Å². The molecule has 5 nitrogen and oxygen atoms in total. The molecule has 1 aliphatic carbocycles. The van der Waals surface area contributed by atoms with Gasteiger partial charge < -0.3 is 10.0 Å². The maximum absolute atomic E-state index is 13.5. The van der Waals surface area contributed by atoms with Gasteiger partial charge in [0.15, 0.2) is 0 Å². The summed E-state index contributed by atoms with van der Waals surface area (Å²) in [5.74, 6) is 1.21. The molecule has 0 atom stereocenters. The average Bonchev–Trinajstić information content (AvgIpc) is 2.96. The zero-order valence-electron chi connectivity index (χ0n) is 16.2. The van der Waals surface area contributed by atoms with Crippen LogP contribution in [0, 0.1) is 11.3 Å². The summed E-state index contributed by atoms with van der Waals surface area (Å²) in [6.07, 6.45) is -2.15. The summed E-state index contributed by atoms with van der Waals surface area (Å²) in [4.78, 5) is 8.05. The van der Waals surface area contributed by atoms with Gasteiger partial charge in [0.1, 0.15) is 22.9 Å². The van der Waals surface area contributed by atoms with Crippen molar-refractivity contribution in [2.24, 2.45) is 4.99 Å². The number of phenolic OH excluding ortho intramolecular Hbond substituents is 1. The van der Waals surface area contributed by atoms with E-state index in [1.54, 1.807) is 42.3 Å². The normalized spacial score (nSPS) is 19.3. The number of phenols is 1. The number of nitriles is 1. The molecular weight excluding hydrogens is 393 g/mol. The molecule has 0 unspecified atom stereocenters. The zero-order valence-corrected chi connectivity index (χ0v) is 16.2. The van der Waals surface area contributed by atoms with E-state index < -0.39 is 22.8 Å². The third-order valence-corrected chi connectivity index (χ3v) is 5.76. The van der Waals surface area contributed by atoms with Gasteiger partial charge in [-0.2, -0.15) is 18.4 Å². The summed E-state index contributed by atoms with van der Waals surface area (Å²) in [7, 11) is 1.62. The number of alkyl halides is 3. The number of rotatable bonds is 2. The van der Waals surface area contributed by atoms with E-state index in [2.05, 4.69) is 11.6 Å². The molecule has 2 aliphatic rings. The number of anilines is 2. The first-order chi connectivity index (χ1) is 14.2. The Labute approximate surface area is 172 Å². The van der Waals surface area contributed by atoms with Crippen LogP contribution in [-0.4, -0.2) is 23.5 Å². The minimum Gasteiger partial charge on any atom is -0.508 e. The van der Waals surface area contributed by atoms with Crippen molar-refractivity contribution in [2.45, 2.75) is 31.0 Å². The van der Waals surface area contributed by atoms with Crippen molar-refractivity contribution < 1.29 is 18.3 Å². The summed E-state index contributed by atoms with van der Waals surface area (Å²) >= 11 is 0. The van der Waals surface area contributed by atoms with Crippen LogP contribution in [-0.2, 0) is 6.18 Å². The highest BCUT2D eigenvalue weighted by atomic mass is 19.4. The third-order valence-electron chi connectivity index (χ3n) is 5.76. The number of benzene rings is 2. The molecule has 1 heterocycles. The van der Waals surface area contributed by atoms with Crippen LogP contribution >= 0.6 is 0 Å². The van der Waals surface area contributed by atoms with Crippen molar-refractivity contribution >= 4 is 17.2 Å². The lowest BCUT2D eigenvalue weighted by Gasteiger charge is -2.45. The largest absolute Gasteiger partial charge is 0.508 e. The number of amidine groups is 1. The van der Waals surface area contributed by atoms with Crippen LogP contribution in [0.2, 0.25) is 0 Å². The minimum atomic E-state index is -4.66. The topological polar surface area (TPSA) is 62.9 Å². The molecule has 1 aliphatic heterocycles. The fourth-order valence-electron chi connectivity index (χ4n) is 4.32. The Hall–Kier alpha value is -3.47. The molecule has 154 valence electrons. The molecular formula is C22H19F3N4O. The van der Waals surface area contributed by atoms with E-state index in [4.69, 9.17) is 5.26 Å². The Balaban J connectivity index is 1.86. The van der Waals surface area contributed by atoms with Gasteiger partial charge in [-0.1, -0.05) is 6.58 Å². The number of hydrogen-bond acceptors (Lipinski definition) is 4. The molecule has 0 aromatic heterocycles. The molecule has 2 aromatic rings. The van der Waals surface area contributed by atoms with E-state index in [1.165, 1.54) is 12.1 Å². The van der Waals surface area contributed by atoms with E-state index in [0.717, 1.165) is 31.0 Å². The number of aromatic hydroxyl groups is 1. The Bertz CT molecular complexity index is 1080. The number of nitrogens with zero attached hydrogens (tertiary/aromatic N) is 4. The van der Waals surface area contributed by atoms with E-state index in [-0.39, 0.29) is 11.4 Å². The number of halogens is 3. The van der Waals surface area contributed by atoms with Crippen LogP contribution in [0.5, 0.6) is 5.75 Å². The minimum absolute atomic E-state index is 0.120. The van der Waals surface area contributed by atoms with E-state index in [1.807, 2.05) is 4.90 Å². The van der Waals surface area contributed by atoms with Crippen LogP contribution in [0.25, 0.3) is 0 Å². The zero-order chi connectivity index (χ0) is 21.7. The lowest BCUT2D eigenvalue weighted by Crippen LogP contribution is -2.54. The Morgan fingerprint density at radius 3 is 2.27 bits per heavy atom. The van der Waals surface area contributed by atoms with Gasteiger partial charge in [0.25, 0.3) is 0 Å². The Morgan fingerprint density at radius 1 is 1.13 bits per heavy atom. The van der Waals surface area contributed by atoms with E-state index in [0.29, 0.717) is 11.7 Å². The highest BCUT2D eigenvalue weighted by Crippen LogP contribution is 2.51. The summed E-state index contributed by atoms with van der Waals surface area (Å²) in [6.45, 7) is 4.16. The fourth-order valence-corrected chi connectivity index (χ4v) is 4.32. The first-order valence-electron chi connectivity index (χ1n) is 9.40. The maximum atomic E-state index is 13.5. The molecule has 2 aromatic carbocycles. The Kier molecular flexibility index (Phi) is 4.49. The smallest absolute Gasteiger partial charge is 0.417 e. The predicted molar refractivity (Wildman–Crippen MR) is 108 cm³/mol. The van der Waals surface area contributed by atoms with Crippen molar-refractivity contribution in [3.05, 3.63) is 66.0 Å². The van der Waals surface area contributed by atoms with E-state index >= 15 is 0 Å². The van der Waals surface area contributed by atoms with Crippen LogP contribution in [0.4, 0.5) is 24.5 Å². The molecule has 0 radical (unpaired) electrons. The van der Waals surface area contributed by atoms with Gasteiger partial charge in [-0.05, 0) is 61.7 Å². The molecule has 1 saturated heterocycles. The summed E-state index contributed by atoms with van der Waals surface area (Å²) in [6, 6.07) is 11.9. The third kappa shape index (κ3) is 2.81. The molecule has 30 heavy (non-hydrogen) atoms. The highest BCUT2D eigenvalue weighted by molar-refractivity contribution is 6.14. The molecule has 0 bridgehead atoms.